The summed E-state index contributed by atoms with van der Waals surface area (Å²) in [6, 6.07) is 6.29. The van der Waals surface area contributed by atoms with Crippen molar-refractivity contribution in [2.75, 3.05) is 39.4 Å². The molecule has 1 atom stereocenters. The number of hydrogen-bond acceptors (Lipinski definition) is 6. The molecule has 1 amide bonds. The van der Waals surface area contributed by atoms with Crippen LogP contribution in [0.1, 0.15) is 12.3 Å². The number of β-amino-alcohol motifs (C(OH)–C–C–N with tert-alkyl or cyclic N) is 1. The third kappa shape index (κ3) is 5.85. The second-order valence-corrected chi connectivity index (χ2v) is 6.47. The summed E-state index contributed by atoms with van der Waals surface area (Å²) < 4.78 is 24.5. The summed E-state index contributed by atoms with van der Waals surface area (Å²) >= 11 is 0. The van der Waals surface area contributed by atoms with Crippen molar-refractivity contribution in [1.82, 2.24) is 15.2 Å². The van der Waals surface area contributed by atoms with E-state index in [1.54, 1.807) is 18.2 Å². The number of aliphatic hydroxyl groups is 1. The molecule has 1 aromatic carbocycles. The van der Waals surface area contributed by atoms with Gasteiger partial charge in [0.25, 0.3) is 0 Å². The number of benzene rings is 1. The van der Waals surface area contributed by atoms with E-state index < -0.39 is 6.10 Å². The number of aromatic nitrogens is 1. The number of aliphatic hydroxyl groups excluding tert-OH is 1. The van der Waals surface area contributed by atoms with Crippen molar-refractivity contribution in [1.29, 1.82) is 0 Å². The van der Waals surface area contributed by atoms with E-state index in [1.165, 1.54) is 12.3 Å². The van der Waals surface area contributed by atoms with Crippen molar-refractivity contribution in [3.63, 3.8) is 0 Å². The summed E-state index contributed by atoms with van der Waals surface area (Å²) in [5.41, 5.74) is 0.340. The van der Waals surface area contributed by atoms with E-state index >= 15 is 0 Å². The molecule has 0 bridgehead atoms. The first-order valence-corrected chi connectivity index (χ1v) is 9.06. The van der Waals surface area contributed by atoms with Gasteiger partial charge in [0.1, 0.15) is 5.82 Å². The van der Waals surface area contributed by atoms with E-state index in [4.69, 9.17) is 9.15 Å². The molecular weight excluding hydrogens is 353 g/mol. The second kappa shape index (κ2) is 9.59. The minimum atomic E-state index is -0.624. The van der Waals surface area contributed by atoms with Crippen molar-refractivity contribution in [3.05, 3.63) is 42.2 Å². The van der Waals surface area contributed by atoms with E-state index in [-0.39, 0.29) is 24.7 Å². The van der Waals surface area contributed by atoms with Crippen LogP contribution in [0.3, 0.4) is 0 Å². The van der Waals surface area contributed by atoms with Gasteiger partial charge in [-0.1, -0.05) is 12.1 Å². The summed E-state index contributed by atoms with van der Waals surface area (Å²) in [7, 11) is 0. The highest BCUT2D eigenvalue weighted by Crippen LogP contribution is 2.23. The lowest BCUT2D eigenvalue weighted by Crippen LogP contribution is -2.44. The van der Waals surface area contributed by atoms with Gasteiger partial charge in [0.2, 0.25) is 5.91 Å². The maximum atomic E-state index is 13.8. The molecule has 1 fully saturated rings. The molecule has 1 aliphatic heterocycles. The topological polar surface area (TPSA) is 87.8 Å². The van der Waals surface area contributed by atoms with Gasteiger partial charge in [0, 0.05) is 39.0 Å². The number of amides is 1. The minimum Gasteiger partial charge on any atom is -0.441 e. The Morgan fingerprint density at radius 2 is 2.11 bits per heavy atom. The standard InChI is InChI=1S/C19H24FN3O4/c20-16-4-2-1-3-15(16)17-12-22-19(27-17)6-5-18(25)21-11-14(24)13-23-7-9-26-10-8-23/h1-4,12,14,24H,5-11,13H2,(H,21,25)/t14-/m1/s1. The molecule has 27 heavy (non-hydrogen) atoms. The number of hydrogen-bond donors (Lipinski definition) is 2. The van der Waals surface area contributed by atoms with Crippen LogP contribution in [-0.2, 0) is 16.0 Å². The Bertz CT molecular complexity index is 746. The van der Waals surface area contributed by atoms with Gasteiger partial charge in [-0.15, -0.1) is 0 Å². The maximum absolute atomic E-state index is 13.8. The number of carbonyl (C=O) groups is 1. The van der Waals surface area contributed by atoms with Crippen molar-refractivity contribution in [2.24, 2.45) is 0 Å². The van der Waals surface area contributed by atoms with Gasteiger partial charge in [-0.05, 0) is 12.1 Å². The van der Waals surface area contributed by atoms with E-state index in [0.717, 1.165) is 13.1 Å². The Balaban J connectivity index is 1.40. The molecule has 0 radical (unpaired) electrons. The molecule has 2 aromatic rings. The number of oxazole rings is 1. The first kappa shape index (κ1) is 19.5. The average molecular weight is 377 g/mol. The number of rotatable bonds is 8. The summed E-state index contributed by atoms with van der Waals surface area (Å²) in [5.74, 6) is 0.135. The Hall–Kier alpha value is -2.29. The third-order valence-electron chi connectivity index (χ3n) is 4.37. The summed E-state index contributed by atoms with van der Waals surface area (Å²) in [6.07, 6.45) is 1.32. The monoisotopic (exact) mass is 377 g/mol. The van der Waals surface area contributed by atoms with Gasteiger partial charge < -0.3 is 19.6 Å². The first-order valence-electron chi connectivity index (χ1n) is 9.06. The second-order valence-electron chi connectivity index (χ2n) is 6.47. The van der Waals surface area contributed by atoms with E-state index in [0.29, 0.717) is 43.4 Å². The number of morpholine rings is 1. The van der Waals surface area contributed by atoms with Gasteiger partial charge >= 0.3 is 0 Å². The Morgan fingerprint density at radius 3 is 2.89 bits per heavy atom. The van der Waals surface area contributed by atoms with Crippen LogP contribution in [0.25, 0.3) is 11.3 Å². The van der Waals surface area contributed by atoms with Crippen LogP contribution in [0.5, 0.6) is 0 Å². The molecule has 1 saturated heterocycles. The van der Waals surface area contributed by atoms with Crippen LogP contribution in [0.2, 0.25) is 0 Å². The highest BCUT2D eigenvalue weighted by Gasteiger charge is 2.16. The average Bonchev–Trinajstić information content (AvgIpc) is 3.15. The fraction of sp³-hybridized carbons (Fsp3) is 0.474. The molecule has 3 rings (SSSR count). The summed E-state index contributed by atoms with van der Waals surface area (Å²) in [6.45, 7) is 3.63. The van der Waals surface area contributed by atoms with Crippen LogP contribution in [0.15, 0.2) is 34.9 Å². The number of aryl methyl sites for hydroxylation is 1. The SMILES string of the molecule is O=C(CCc1ncc(-c2ccccc2F)o1)NC[C@@H](O)CN1CCOCC1. The Kier molecular flexibility index (Phi) is 6.92. The largest absolute Gasteiger partial charge is 0.441 e. The fourth-order valence-electron chi connectivity index (χ4n) is 2.90. The van der Waals surface area contributed by atoms with Crippen molar-refractivity contribution < 1.29 is 23.4 Å². The van der Waals surface area contributed by atoms with Crippen LogP contribution in [0.4, 0.5) is 4.39 Å². The molecule has 0 saturated carbocycles. The summed E-state index contributed by atoms with van der Waals surface area (Å²) in [4.78, 5) is 18.2. The van der Waals surface area contributed by atoms with Gasteiger partial charge in [0.05, 0.1) is 31.1 Å². The lowest BCUT2D eigenvalue weighted by atomic mass is 10.2. The zero-order chi connectivity index (χ0) is 19.1. The lowest BCUT2D eigenvalue weighted by molar-refractivity contribution is -0.121. The molecule has 146 valence electrons. The predicted octanol–water partition coefficient (Wildman–Crippen LogP) is 1.22. The number of nitrogens with one attached hydrogen (secondary N) is 1. The molecule has 0 spiro atoms. The summed E-state index contributed by atoms with van der Waals surface area (Å²) in [5, 5.41) is 12.7. The Morgan fingerprint density at radius 1 is 1.33 bits per heavy atom. The maximum Gasteiger partial charge on any atom is 0.220 e. The molecule has 0 aliphatic carbocycles. The van der Waals surface area contributed by atoms with E-state index in [2.05, 4.69) is 15.2 Å². The highest BCUT2D eigenvalue weighted by atomic mass is 19.1. The highest BCUT2D eigenvalue weighted by molar-refractivity contribution is 5.76. The van der Waals surface area contributed by atoms with Gasteiger partial charge in [-0.2, -0.15) is 0 Å². The van der Waals surface area contributed by atoms with Gasteiger partial charge in [-0.3, -0.25) is 9.69 Å². The number of carbonyl (C=O) groups excluding carboxylic acids is 1. The molecule has 0 unspecified atom stereocenters. The van der Waals surface area contributed by atoms with Crippen LogP contribution in [0, 0.1) is 5.82 Å². The lowest BCUT2D eigenvalue weighted by Gasteiger charge is -2.28. The van der Waals surface area contributed by atoms with Crippen LogP contribution in [-0.4, -0.2) is 66.4 Å². The number of nitrogens with zero attached hydrogens (tertiary/aromatic N) is 2. The molecule has 2 N–H and O–H groups in total. The van der Waals surface area contributed by atoms with Gasteiger partial charge in [0.15, 0.2) is 11.7 Å². The first-order chi connectivity index (χ1) is 13.1. The predicted molar refractivity (Wildman–Crippen MR) is 96.5 cm³/mol. The zero-order valence-electron chi connectivity index (χ0n) is 15.1. The molecule has 2 heterocycles. The molecular formula is C19H24FN3O4. The fourth-order valence-corrected chi connectivity index (χ4v) is 2.90. The zero-order valence-corrected chi connectivity index (χ0v) is 15.1. The minimum absolute atomic E-state index is 0.182. The molecule has 1 aliphatic rings. The Labute approximate surface area is 157 Å². The smallest absolute Gasteiger partial charge is 0.220 e. The number of ether oxygens (including phenoxy) is 1. The quantitative estimate of drug-likeness (QED) is 0.719. The van der Waals surface area contributed by atoms with Crippen molar-refractivity contribution in [2.45, 2.75) is 18.9 Å². The number of halogens is 1. The van der Waals surface area contributed by atoms with E-state index in [9.17, 15) is 14.3 Å². The third-order valence-corrected chi connectivity index (χ3v) is 4.37. The van der Waals surface area contributed by atoms with Gasteiger partial charge in [-0.25, -0.2) is 9.37 Å². The van der Waals surface area contributed by atoms with E-state index in [1.807, 2.05) is 0 Å². The van der Waals surface area contributed by atoms with Crippen molar-refractivity contribution in [3.8, 4) is 11.3 Å². The molecule has 8 heteroatoms. The van der Waals surface area contributed by atoms with Crippen molar-refractivity contribution >= 4 is 5.91 Å². The van der Waals surface area contributed by atoms with Crippen LogP contribution >= 0.6 is 0 Å². The molecule has 1 aromatic heterocycles. The van der Waals surface area contributed by atoms with Crippen LogP contribution < -0.4 is 5.32 Å². The molecule has 7 nitrogen and oxygen atoms in total. The normalized spacial score (nSPS) is 16.2.